The van der Waals surface area contributed by atoms with Gasteiger partial charge in [-0.2, -0.15) is 5.10 Å². The Kier molecular flexibility index (Phi) is 3.65. The van der Waals surface area contributed by atoms with E-state index in [1.54, 1.807) is 0 Å². The number of anilines is 1. The average Bonchev–Trinajstić information content (AvgIpc) is 2.92. The van der Waals surface area contributed by atoms with Gasteiger partial charge in [-0.25, -0.2) is 0 Å². The fourth-order valence-electron chi connectivity index (χ4n) is 2.55. The molecule has 2 aromatic rings. The molecule has 1 atom stereocenters. The SMILES string of the molecule is CC1CNCCN1c1cc(-c2cc(Cl)c(O)cc2O)n[nH]1. The maximum Gasteiger partial charge on any atom is 0.137 e. The summed E-state index contributed by atoms with van der Waals surface area (Å²) < 4.78 is 0. The van der Waals surface area contributed by atoms with E-state index >= 15 is 0 Å². The molecule has 112 valence electrons. The van der Waals surface area contributed by atoms with Crippen LogP contribution in [0.4, 0.5) is 5.82 Å². The van der Waals surface area contributed by atoms with E-state index in [9.17, 15) is 10.2 Å². The van der Waals surface area contributed by atoms with Crippen LogP contribution in [0.1, 0.15) is 6.92 Å². The summed E-state index contributed by atoms with van der Waals surface area (Å²) in [5.74, 6) is 0.704. The van der Waals surface area contributed by atoms with Gasteiger partial charge < -0.3 is 20.4 Å². The van der Waals surface area contributed by atoms with Crippen molar-refractivity contribution < 1.29 is 10.2 Å². The van der Waals surface area contributed by atoms with Crippen LogP contribution in [0, 0.1) is 0 Å². The van der Waals surface area contributed by atoms with E-state index in [1.807, 2.05) is 6.07 Å². The number of phenolic OH excluding ortho intramolecular Hbond substituents is 2. The van der Waals surface area contributed by atoms with E-state index in [1.165, 1.54) is 12.1 Å². The van der Waals surface area contributed by atoms with Crippen molar-refractivity contribution in [3.63, 3.8) is 0 Å². The Morgan fingerprint density at radius 2 is 2.10 bits per heavy atom. The number of hydrogen-bond donors (Lipinski definition) is 4. The first-order chi connectivity index (χ1) is 10.1. The van der Waals surface area contributed by atoms with Gasteiger partial charge in [0.05, 0.1) is 10.7 Å². The second-order valence-corrected chi connectivity index (χ2v) is 5.61. The maximum absolute atomic E-state index is 9.94. The van der Waals surface area contributed by atoms with E-state index in [2.05, 4.69) is 27.3 Å². The zero-order valence-electron chi connectivity index (χ0n) is 11.6. The van der Waals surface area contributed by atoms with Gasteiger partial charge in [-0.3, -0.25) is 5.10 Å². The zero-order valence-corrected chi connectivity index (χ0v) is 12.4. The van der Waals surface area contributed by atoms with Crippen LogP contribution in [0.15, 0.2) is 18.2 Å². The van der Waals surface area contributed by atoms with Crippen molar-refractivity contribution in [1.29, 1.82) is 0 Å². The van der Waals surface area contributed by atoms with Gasteiger partial charge in [0, 0.05) is 43.4 Å². The molecule has 4 N–H and O–H groups in total. The highest BCUT2D eigenvalue weighted by molar-refractivity contribution is 6.32. The predicted molar refractivity (Wildman–Crippen MR) is 82.0 cm³/mol. The molecule has 0 saturated carbocycles. The number of phenols is 2. The molecule has 1 aliphatic rings. The molecule has 6 nitrogen and oxygen atoms in total. The summed E-state index contributed by atoms with van der Waals surface area (Å²) in [7, 11) is 0. The summed E-state index contributed by atoms with van der Waals surface area (Å²) in [5.41, 5.74) is 1.08. The van der Waals surface area contributed by atoms with E-state index in [0.717, 1.165) is 25.5 Å². The minimum absolute atomic E-state index is 0.0525. The lowest BCUT2D eigenvalue weighted by Gasteiger charge is -2.34. The van der Waals surface area contributed by atoms with Gasteiger partial charge in [0.1, 0.15) is 17.3 Å². The van der Waals surface area contributed by atoms with Gasteiger partial charge >= 0.3 is 0 Å². The van der Waals surface area contributed by atoms with Crippen molar-refractivity contribution in [2.45, 2.75) is 13.0 Å². The summed E-state index contributed by atoms with van der Waals surface area (Å²) in [5, 5.41) is 30.2. The monoisotopic (exact) mass is 308 g/mol. The molecule has 21 heavy (non-hydrogen) atoms. The van der Waals surface area contributed by atoms with E-state index in [-0.39, 0.29) is 16.5 Å². The number of aromatic hydroxyl groups is 2. The van der Waals surface area contributed by atoms with Gasteiger partial charge in [-0.15, -0.1) is 0 Å². The Balaban J connectivity index is 1.93. The molecule has 0 aliphatic carbocycles. The molecule has 2 heterocycles. The number of benzene rings is 1. The van der Waals surface area contributed by atoms with Crippen molar-refractivity contribution in [2.24, 2.45) is 0 Å². The molecule has 1 saturated heterocycles. The third kappa shape index (κ3) is 2.64. The number of aromatic amines is 1. The average molecular weight is 309 g/mol. The number of hydrogen-bond acceptors (Lipinski definition) is 5. The molecule has 0 spiro atoms. The Hall–Kier alpha value is -1.92. The van der Waals surface area contributed by atoms with Gasteiger partial charge in [-0.05, 0) is 13.0 Å². The van der Waals surface area contributed by atoms with Crippen LogP contribution in [0.2, 0.25) is 5.02 Å². The second-order valence-electron chi connectivity index (χ2n) is 5.21. The van der Waals surface area contributed by atoms with Crippen LogP contribution in [-0.4, -0.2) is 46.1 Å². The molecule has 1 fully saturated rings. The lowest BCUT2D eigenvalue weighted by molar-refractivity contribution is 0.452. The van der Waals surface area contributed by atoms with Crippen molar-refractivity contribution in [3.8, 4) is 22.8 Å². The molecule has 7 heteroatoms. The lowest BCUT2D eigenvalue weighted by Crippen LogP contribution is -2.50. The van der Waals surface area contributed by atoms with Crippen LogP contribution >= 0.6 is 11.6 Å². The van der Waals surface area contributed by atoms with E-state index in [0.29, 0.717) is 17.3 Å². The number of rotatable bonds is 2. The Labute approximate surface area is 127 Å². The second kappa shape index (κ2) is 5.46. The maximum atomic E-state index is 9.94. The van der Waals surface area contributed by atoms with Crippen molar-refractivity contribution in [2.75, 3.05) is 24.5 Å². The molecule has 1 aromatic heterocycles. The molecule has 0 bridgehead atoms. The molecule has 1 aromatic carbocycles. The molecule has 1 aliphatic heterocycles. The summed E-state index contributed by atoms with van der Waals surface area (Å²) in [6.07, 6.45) is 0. The van der Waals surface area contributed by atoms with Gasteiger partial charge in [-0.1, -0.05) is 11.6 Å². The molecular formula is C14H17ClN4O2. The standard InChI is InChI=1S/C14H17ClN4O2/c1-8-7-16-2-3-19(8)14-5-11(17-18-14)9-4-10(15)13(21)6-12(9)20/h4-6,8,16,20-21H,2-3,7H2,1H3,(H,17,18). The van der Waals surface area contributed by atoms with Crippen LogP contribution in [0.25, 0.3) is 11.3 Å². The number of piperazine rings is 1. The highest BCUT2D eigenvalue weighted by Gasteiger charge is 2.21. The third-order valence-corrected chi connectivity index (χ3v) is 4.02. The minimum atomic E-state index is -0.149. The van der Waals surface area contributed by atoms with Crippen molar-refractivity contribution in [3.05, 3.63) is 23.2 Å². The topological polar surface area (TPSA) is 84.4 Å². The Morgan fingerprint density at radius 1 is 1.29 bits per heavy atom. The summed E-state index contributed by atoms with van der Waals surface area (Å²) in [6, 6.07) is 4.97. The predicted octanol–water partition coefficient (Wildman–Crippen LogP) is 1.94. The Bertz CT molecular complexity index is 658. The lowest BCUT2D eigenvalue weighted by atomic mass is 10.1. The normalized spacial score (nSPS) is 19.0. The highest BCUT2D eigenvalue weighted by atomic mass is 35.5. The quantitative estimate of drug-likeness (QED) is 0.681. The largest absolute Gasteiger partial charge is 0.507 e. The van der Waals surface area contributed by atoms with E-state index < -0.39 is 0 Å². The highest BCUT2D eigenvalue weighted by Crippen LogP contribution is 2.37. The summed E-state index contributed by atoms with van der Waals surface area (Å²) in [6.45, 7) is 4.88. The van der Waals surface area contributed by atoms with Gasteiger partial charge in [0.2, 0.25) is 0 Å². The van der Waals surface area contributed by atoms with Crippen LogP contribution in [0.5, 0.6) is 11.5 Å². The fourth-order valence-corrected chi connectivity index (χ4v) is 2.72. The van der Waals surface area contributed by atoms with Crippen molar-refractivity contribution >= 4 is 17.4 Å². The number of H-pyrrole nitrogens is 1. The minimum Gasteiger partial charge on any atom is -0.507 e. The van der Waals surface area contributed by atoms with Crippen LogP contribution < -0.4 is 10.2 Å². The number of nitrogens with zero attached hydrogens (tertiary/aromatic N) is 2. The molecule has 0 radical (unpaired) electrons. The summed E-state index contributed by atoms with van der Waals surface area (Å²) >= 11 is 5.90. The molecule has 1 unspecified atom stereocenters. The first-order valence-electron chi connectivity index (χ1n) is 6.81. The van der Waals surface area contributed by atoms with Crippen LogP contribution in [0.3, 0.4) is 0 Å². The summed E-state index contributed by atoms with van der Waals surface area (Å²) in [4.78, 5) is 2.23. The fraction of sp³-hybridized carbons (Fsp3) is 0.357. The first kappa shape index (κ1) is 14.0. The molecule has 0 amide bonds. The number of nitrogens with one attached hydrogen (secondary N) is 2. The molecular weight excluding hydrogens is 292 g/mol. The van der Waals surface area contributed by atoms with E-state index in [4.69, 9.17) is 11.6 Å². The third-order valence-electron chi connectivity index (χ3n) is 3.72. The molecule has 3 rings (SSSR count). The Morgan fingerprint density at radius 3 is 2.86 bits per heavy atom. The number of aromatic nitrogens is 2. The van der Waals surface area contributed by atoms with Crippen LogP contribution in [-0.2, 0) is 0 Å². The van der Waals surface area contributed by atoms with Crippen molar-refractivity contribution in [1.82, 2.24) is 15.5 Å². The smallest absolute Gasteiger partial charge is 0.137 e. The van der Waals surface area contributed by atoms with Gasteiger partial charge in [0.25, 0.3) is 0 Å². The van der Waals surface area contributed by atoms with Gasteiger partial charge in [0.15, 0.2) is 0 Å². The first-order valence-corrected chi connectivity index (χ1v) is 7.18. The zero-order chi connectivity index (χ0) is 15.0. The number of halogens is 1.